The molecule has 2 aliphatic rings. The average Bonchev–Trinajstić information content (AvgIpc) is 3.13. The predicted octanol–water partition coefficient (Wildman–Crippen LogP) is 7.28. The number of ketones is 1. The molecule has 1 aliphatic heterocycles. The SMILES string of the molecule is CCN=C(/C=C1\CC=C(C)C(C)=N1)[C@@H]1CCCCC(C(=O)c2ccc(-c3cccnc3)cc2)C1. The fraction of sp³-hybridized carbons (Fsp3) is 0.400. The number of allylic oxidation sites excluding steroid dienone is 3. The highest BCUT2D eigenvalue weighted by molar-refractivity contribution is 6.02. The van der Waals surface area contributed by atoms with Crippen molar-refractivity contribution in [1.29, 1.82) is 0 Å². The average molecular weight is 454 g/mol. The summed E-state index contributed by atoms with van der Waals surface area (Å²) < 4.78 is 0. The number of hydrogen-bond acceptors (Lipinski definition) is 4. The largest absolute Gasteiger partial charge is 0.294 e. The van der Waals surface area contributed by atoms with Crippen LogP contribution in [0.15, 0.2) is 82.2 Å². The summed E-state index contributed by atoms with van der Waals surface area (Å²) in [7, 11) is 0. The number of aromatic nitrogens is 1. The fourth-order valence-electron chi connectivity index (χ4n) is 4.96. The standard InChI is InChI=1S/C30H35N3O/c1-4-32-29(19-28-16-11-21(2)22(3)33-28)25-8-5-6-9-26(18-25)30(34)24-14-12-23(13-15-24)27-10-7-17-31-20-27/h7,10-15,17,19-20,25-26H,4-6,8-9,16,18H2,1-3H3/b28-19+,32-29?/t25-,26?/m1/s1. The summed E-state index contributed by atoms with van der Waals surface area (Å²) in [5.74, 6) is 0.607. The lowest BCUT2D eigenvalue weighted by Gasteiger charge is -2.21. The Morgan fingerprint density at radius 3 is 2.50 bits per heavy atom. The van der Waals surface area contributed by atoms with E-state index in [1.54, 1.807) is 6.20 Å². The molecule has 0 bridgehead atoms. The van der Waals surface area contributed by atoms with E-state index in [1.165, 1.54) is 5.57 Å². The Morgan fingerprint density at radius 2 is 1.82 bits per heavy atom. The minimum Gasteiger partial charge on any atom is -0.294 e. The van der Waals surface area contributed by atoms with Crippen molar-refractivity contribution in [3.63, 3.8) is 0 Å². The molecule has 2 aromatic rings. The highest BCUT2D eigenvalue weighted by atomic mass is 16.1. The molecule has 1 unspecified atom stereocenters. The lowest BCUT2D eigenvalue weighted by atomic mass is 9.84. The molecule has 0 saturated heterocycles. The summed E-state index contributed by atoms with van der Waals surface area (Å²) in [5.41, 5.74) is 7.48. The number of pyridine rings is 1. The molecule has 4 rings (SSSR count). The monoisotopic (exact) mass is 453 g/mol. The summed E-state index contributed by atoms with van der Waals surface area (Å²) in [6.07, 6.45) is 14.0. The van der Waals surface area contributed by atoms with Crippen LogP contribution in [-0.4, -0.2) is 28.7 Å². The molecule has 34 heavy (non-hydrogen) atoms. The topological polar surface area (TPSA) is 54.7 Å². The van der Waals surface area contributed by atoms with Crippen LogP contribution in [0.2, 0.25) is 0 Å². The van der Waals surface area contributed by atoms with Crippen LogP contribution < -0.4 is 0 Å². The van der Waals surface area contributed by atoms with Gasteiger partial charge in [-0.1, -0.05) is 49.2 Å². The van der Waals surface area contributed by atoms with Gasteiger partial charge in [0.1, 0.15) is 0 Å². The highest BCUT2D eigenvalue weighted by Gasteiger charge is 2.28. The minimum atomic E-state index is 0.0379. The van der Waals surface area contributed by atoms with Crippen molar-refractivity contribution in [3.05, 3.63) is 77.8 Å². The van der Waals surface area contributed by atoms with E-state index >= 15 is 0 Å². The van der Waals surface area contributed by atoms with Gasteiger partial charge in [0.2, 0.25) is 0 Å². The van der Waals surface area contributed by atoms with Gasteiger partial charge in [0.05, 0.1) is 0 Å². The molecule has 2 atom stereocenters. The van der Waals surface area contributed by atoms with E-state index in [9.17, 15) is 4.79 Å². The molecule has 1 saturated carbocycles. The maximum atomic E-state index is 13.5. The molecular weight excluding hydrogens is 418 g/mol. The molecule has 2 heterocycles. The van der Waals surface area contributed by atoms with Gasteiger partial charge in [-0.3, -0.25) is 19.8 Å². The normalized spacial score (nSPS) is 22.7. The molecule has 1 aromatic carbocycles. The second-order valence-electron chi connectivity index (χ2n) is 9.42. The molecule has 4 heteroatoms. The van der Waals surface area contributed by atoms with E-state index in [4.69, 9.17) is 9.98 Å². The molecule has 0 amide bonds. The van der Waals surface area contributed by atoms with Crippen molar-refractivity contribution < 1.29 is 4.79 Å². The van der Waals surface area contributed by atoms with E-state index in [0.29, 0.717) is 5.92 Å². The van der Waals surface area contributed by atoms with Crippen molar-refractivity contribution in [1.82, 2.24) is 4.98 Å². The Kier molecular flexibility index (Phi) is 7.99. The van der Waals surface area contributed by atoms with Crippen molar-refractivity contribution >= 4 is 17.2 Å². The van der Waals surface area contributed by atoms with Gasteiger partial charge in [-0.15, -0.1) is 0 Å². The molecule has 0 spiro atoms. The zero-order valence-corrected chi connectivity index (χ0v) is 20.6. The van der Waals surface area contributed by atoms with Gasteiger partial charge >= 0.3 is 0 Å². The maximum absolute atomic E-state index is 13.5. The zero-order valence-electron chi connectivity index (χ0n) is 20.6. The number of Topliss-reactive ketones (excluding diaryl/α,β-unsaturated/α-hetero) is 1. The van der Waals surface area contributed by atoms with E-state index < -0.39 is 0 Å². The van der Waals surface area contributed by atoms with Gasteiger partial charge in [-0.2, -0.15) is 0 Å². The van der Waals surface area contributed by atoms with Crippen molar-refractivity contribution in [2.45, 2.75) is 59.3 Å². The van der Waals surface area contributed by atoms with Crippen molar-refractivity contribution in [3.8, 4) is 11.1 Å². The zero-order chi connectivity index (χ0) is 23.9. The first-order valence-corrected chi connectivity index (χ1v) is 12.6. The molecular formula is C30H35N3O. The Balaban J connectivity index is 1.51. The molecule has 176 valence electrons. The van der Waals surface area contributed by atoms with Crippen LogP contribution in [0.1, 0.15) is 69.7 Å². The first-order valence-electron chi connectivity index (χ1n) is 12.6. The number of rotatable bonds is 6. The molecule has 1 aromatic heterocycles. The summed E-state index contributed by atoms with van der Waals surface area (Å²) in [4.78, 5) is 27.4. The quantitative estimate of drug-likeness (QED) is 0.262. The Hall–Kier alpha value is -3.14. The summed E-state index contributed by atoms with van der Waals surface area (Å²) >= 11 is 0. The third kappa shape index (κ3) is 5.85. The summed E-state index contributed by atoms with van der Waals surface area (Å²) in [6, 6.07) is 12.0. The highest BCUT2D eigenvalue weighted by Crippen LogP contribution is 2.33. The Bertz CT molecular complexity index is 1120. The molecule has 1 fully saturated rings. The third-order valence-electron chi connectivity index (χ3n) is 7.03. The van der Waals surface area contributed by atoms with Gasteiger partial charge in [0.15, 0.2) is 5.78 Å². The first kappa shape index (κ1) is 24.0. The number of nitrogens with zero attached hydrogens (tertiary/aromatic N) is 3. The van der Waals surface area contributed by atoms with Gasteiger partial charge in [0.25, 0.3) is 0 Å². The van der Waals surface area contributed by atoms with Crippen LogP contribution in [0, 0.1) is 11.8 Å². The van der Waals surface area contributed by atoms with Crippen LogP contribution in [-0.2, 0) is 0 Å². The van der Waals surface area contributed by atoms with E-state index in [2.05, 4.69) is 37.9 Å². The number of hydrogen-bond donors (Lipinski definition) is 0. The van der Waals surface area contributed by atoms with Gasteiger partial charge in [0, 0.05) is 59.9 Å². The molecule has 4 nitrogen and oxygen atoms in total. The first-order chi connectivity index (χ1) is 16.5. The van der Waals surface area contributed by atoms with Crippen LogP contribution >= 0.6 is 0 Å². The van der Waals surface area contributed by atoms with E-state index in [-0.39, 0.29) is 11.7 Å². The van der Waals surface area contributed by atoms with Gasteiger partial charge in [-0.05, 0) is 68.9 Å². The molecule has 0 radical (unpaired) electrons. The van der Waals surface area contributed by atoms with Crippen LogP contribution in [0.3, 0.4) is 0 Å². The summed E-state index contributed by atoms with van der Waals surface area (Å²) in [5, 5.41) is 0. The van der Waals surface area contributed by atoms with E-state index in [0.717, 1.165) is 78.9 Å². The Morgan fingerprint density at radius 1 is 1.06 bits per heavy atom. The minimum absolute atomic E-state index is 0.0379. The lowest BCUT2D eigenvalue weighted by Crippen LogP contribution is -2.21. The van der Waals surface area contributed by atoms with Gasteiger partial charge < -0.3 is 0 Å². The van der Waals surface area contributed by atoms with Crippen LogP contribution in [0.5, 0.6) is 0 Å². The number of aliphatic imine (C=N–C) groups is 2. The molecule has 1 aliphatic carbocycles. The second kappa shape index (κ2) is 11.3. The number of carbonyl (C=O) groups is 1. The van der Waals surface area contributed by atoms with Gasteiger partial charge in [-0.25, -0.2) is 0 Å². The van der Waals surface area contributed by atoms with Crippen LogP contribution in [0.25, 0.3) is 11.1 Å². The Labute approximate surface area is 203 Å². The second-order valence-corrected chi connectivity index (χ2v) is 9.42. The smallest absolute Gasteiger partial charge is 0.165 e. The lowest BCUT2D eigenvalue weighted by molar-refractivity contribution is 0.0903. The maximum Gasteiger partial charge on any atom is 0.165 e. The number of carbonyl (C=O) groups excluding carboxylic acids is 1. The summed E-state index contributed by atoms with van der Waals surface area (Å²) in [6.45, 7) is 7.01. The third-order valence-corrected chi connectivity index (χ3v) is 7.03. The van der Waals surface area contributed by atoms with E-state index in [1.807, 2.05) is 42.6 Å². The van der Waals surface area contributed by atoms with Crippen molar-refractivity contribution in [2.24, 2.45) is 21.8 Å². The van der Waals surface area contributed by atoms with Crippen LogP contribution in [0.4, 0.5) is 0 Å². The number of dihydropyridines is 1. The molecule has 0 N–H and O–H groups in total. The van der Waals surface area contributed by atoms with Crippen molar-refractivity contribution in [2.75, 3.05) is 6.54 Å². The number of benzene rings is 1. The predicted molar refractivity (Wildman–Crippen MR) is 142 cm³/mol. The fourth-order valence-corrected chi connectivity index (χ4v) is 4.96.